The molecule has 0 radical (unpaired) electrons. The van der Waals surface area contributed by atoms with E-state index in [9.17, 15) is 14.9 Å². The molecular weight excluding hydrogens is 313 g/mol. The first-order valence-electron chi connectivity index (χ1n) is 4.58. The average molecular weight is 323 g/mol. The van der Waals surface area contributed by atoms with Crippen LogP contribution in [0.2, 0.25) is 5.02 Å². The maximum atomic E-state index is 11.1. The van der Waals surface area contributed by atoms with Gasteiger partial charge in [0.1, 0.15) is 5.02 Å². The van der Waals surface area contributed by atoms with Crippen molar-refractivity contribution in [2.24, 2.45) is 0 Å². The van der Waals surface area contributed by atoms with Gasteiger partial charge in [-0.25, -0.2) is 0 Å². The normalized spacial score (nSPS) is 10.1. The molecule has 1 rings (SSSR count). The van der Waals surface area contributed by atoms with E-state index >= 15 is 0 Å². The number of alkyl halides is 1. The second-order valence-corrected chi connectivity index (χ2v) is 4.20. The quantitative estimate of drug-likeness (QED) is 0.370. The molecule has 0 fully saturated rings. The summed E-state index contributed by atoms with van der Waals surface area (Å²) in [5.41, 5.74) is 0.875. The standard InChI is InChI=1S/C10H9BrClNO4/c1-17-9(14)4-6-2-7(5-11)10(13(15)16)8(12)3-6/h2-3H,4-5H2,1H3. The van der Waals surface area contributed by atoms with E-state index in [4.69, 9.17) is 11.6 Å². The first kappa shape index (κ1) is 13.9. The van der Waals surface area contributed by atoms with E-state index in [1.165, 1.54) is 13.2 Å². The van der Waals surface area contributed by atoms with Gasteiger partial charge in [-0.1, -0.05) is 27.5 Å². The van der Waals surface area contributed by atoms with Crippen molar-refractivity contribution in [2.45, 2.75) is 11.8 Å². The lowest BCUT2D eigenvalue weighted by Gasteiger charge is -2.05. The fourth-order valence-electron chi connectivity index (χ4n) is 1.37. The van der Waals surface area contributed by atoms with Crippen LogP contribution < -0.4 is 0 Å². The van der Waals surface area contributed by atoms with Crippen molar-refractivity contribution < 1.29 is 14.5 Å². The minimum atomic E-state index is -0.541. The fraction of sp³-hybridized carbons (Fsp3) is 0.300. The van der Waals surface area contributed by atoms with E-state index in [0.717, 1.165) is 0 Å². The van der Waals surface area contributed by atoms with Gasteiger partial charge in [-0.15, -0.1) is 0 Å². The lowest BCUT2D eigenvalue weighted by molar-refractivity contribution is -0.385. The lowest BCUT2D eigenvalue weighted by Crippen LogP contribution is -2.05. The summed E-state index contributed by atoms with van der Waals surface area (Å²) in [4.78, 5) is 21.4. The number of carbonyl (C=O) groups is 1. The zero-order valence-electron chi connectivity index (χ0n) is 8.91. The van der Waals surface area contributed by atoms with Crippen LogP contribution in [0.1, 0.15) is 11.1 Å². The maximum Gasteiger partial charge on any atom is 0.309 e. The monoisotopic (exact) mass is 321 g/mol. The van der Waals surface area contributed by atoms with Crippen LogP contribution in [0.5, 0.6) is 0 Å². The Morgan fingerprint density at radius 1 is 1.59 bits per heavy atom. The fourth-order valence-corrected chi connectivity index (χ4v) is 2.12. The van der Waals surface area contributed by atoms with Gasteiger partial charge >= 0.3 is 5.97 Å². The SMILES string of the molecule is COC(=O)Cc1cc(Cl)c([N+](=O)[O-])c(CBr)c1. The third kappa shape index (κ3) is 3.41. The van der Waals surface area contributed by atoms with Gasteiger partial charge < -0.3 is 4.74 Å². The van der Waals surface area contributed by atoms with Crippen molar-refractivity contribution >= 4 is 39.2 Å². The number of rotatable bonds is 4. The molecule has 0 aromatic heterocycles. The predicted molar refractivity (Wildman–Crippen MR) is 66.5 cm³/mol. The van der Waals surface area contributed by atoms with Crippen LogP contribution in [-0.4, -0.2) is 18.0 Å². The van der Waals surface area contributed by atoms with Crippen LogP contribution in [0.15, 0.2) is 12.1 Å². The number of nitro benzene ring substituents is 1. The highest BCUT2D eigenvalue weighted by Gasteiger charge is 2.20. The minimum Gasteiger partial charge on any atom is -0.469 e. The van der Waals surface area contributed by atoms with E-state index in [2.05, 4.69) is 20.7 Å². The van der Waals surface area contributed by atoms with Gasteiger partial charge in [-0.3, -0.25) is 14.9 Å². The van der Waals surface area contributed by atoms with E-state index in [1.54, 1.807) is 6.07 Å². The Balaban J connectivity index is 3.17. The Bertz CT molecular complexity index is 464. The molecule has 0 N–H and O–H groups in total. The Kier molecular flexibility index (Phi) is 4.89. The number of nitro groups is 1. The zero-order valence-corrected chi connectivity index (χ0v) is 11.2. The predicted octanol–water partition coefficient (Wildman–Crippen LogP) is 2.86. The smallest absolute Gasteiger partial charge is 0.309 e. The van der Waals surface area contributed by atoms with Crippen LogP contribution in [0, 0.1) is 10.1 Å². The molecule has 0 aliphatic carbocycles. The number of esters is 1. The molecule has 0 aliphatic heterocycles. The second kappa shape index (κ2) is 5.97. The van der Waals surface area contributed by atoms with Crippen molar-refractivity contribution in [1.82, 2.24) is 0 Å². The number of halogens is 2. The molecule has 0 unspecified atom stereocenters. The topological polar surface area (TPSA) is 69.4 Å². The zero-order chi connectivity index (χ0) is 13.0. The summed E-state index contributed by atoms with van der Waals surface area (Å²) in [5, 5.41) is 11.1. The van der Waals surface area contributed by atoms with Gasteiger partial charge in [0, 0.05) is 10.9 Å². The van der Waals surface area contributed by atoms with Gasteiger partial charge in [0.2, 0.25) is 0 Å². The highest BCUT2D eigenvalue weighted by Crippen LogP contribution is 2.31. The Labute approximate surface area is 111 Å². The number of methoxy groups -OCH3 is 1. The van der Waals surface area contributed by atoms with Crippen LogP contribution in [0.25, 0.3) is 0 Å². The van der Waals surface area contributed by atoms with Crippen molar-refractivity contribution in [3.05, 3.63) is 38.4 Å². The molecule has 7 heteroatoms. The third-order valence-corrected chi connectivity index (χ3v) is 3.00. The van der Waals surface area contributed by atoms with Gasteiger partial charge in [0.25, 0.3) is 5.69 Å². The average Bonchev–Trinajstić information content (AvgIpc) is 2.27. The van der Waals surface area contributed by atoms with Crippen molar-refractivity contribution in [3.8, 4) is 0 Å². The van der Waals surface area contributed by atoms with Crippen molar-refractivity contribution in [1.29, 1.82) is 0 Å². The molecule has 0 atom stereocenters. The summed E-state index contributed by atoms with van der Waals surface area (Å²) in [6.45, 7) is 0. The molecule has 92 valence electrons. The summed E-state index contributed by atoms with van der Waals surface area (Å²) < 4.78 is 4.52. The third-order valence-electron chi connectivity index (χ3n) is 2.10. The second-order valence-electron chi connectivity index (χ2n) is 3.23. The highest BCUT2D eigenvalue weighted by molar-refractivity contribution is 9.08. The van der Waals surface area contributed by atoms with E-state index in [1.807, 2.05) is 0 Å². The van der Waals surface area contributed by atoms with E-state index in [0.29, 0.717) is 11.1 Å². The van der Waals surface area contributed by atoms with Crippen LogP contribution in [0.3, 0.4) is 0 Å². The molecule has 0 bridgehead atoms. The van der Waals surface area contributed by atoms with Crippen molar-refractivity contribution in [2.75, 3.05) is 7.11 Å². The van der Waals surface area contributed by atoms with Gasteiger partial charge in [0.15, 0.2) is 0 Å². The molecule has 1 aromatic rings. The van der Waals surface area contributed by atoms with Crippen molar-refractivity contribution in [3.63, 3.8) is 0 Å². The highest BCUT2D eigenvalue weighted by atomic mass is 79.9. The van der Waals surface area contributed by atoms with Gasteiger partial charge in [-0.05, 0) is 17.7 Å². The summed E-state index contributed by atoms with van der Waals surface area (Å²) in [6, 6.07) is 2.97. The largest absolute Gasteiger partial charge is 0.469 e. The summed E-state index contributed by atoms with van der Waals surface area (Å²) in [7, 11) is 1.28. The Morgan fingerprint density at radius 2 is 2.24 bits per heavy atom. The number of hydrogen-bond acceptors (Lipinski definition) is 4. The van der Waals surface area contributed by atoms with Gasteiger partial charge in [0.05, 0.1) is 18.5 Å². The molecule has 0 heterocycles. The number of nitrogens with zero attached hydrogens (tertiary/aromatic N) is 1. The first-order chi connectivity index (χ1) is 7.99. The maximum absolute atomic E-state index is 11.1. The molecule has 0 amide bonds. The lowest BCUT2D eigenvalue weighted by atomic mass is 10.1. The summed E-state index contributed by atoms with van der Waals surface area (Å²) in [6.07, 6.45) is 0.0359. The molecule has 5 nitrogen and oxygen atoms in total. The number of carbonyl (C=O) groups excluding carboxylic acids is 1. The van der Waals surface area contributed by atoms with Gasteiger partial charge in [-0.2, -0.15) is 0 Å². The van der Waals surface area contributed by atoms with E-state index < -0.39 is 10.9 Å². The van der Waals surface area contributed by atoms with Crippen LogP contribution >= 0.6 is 27.5 Å². The molecule has 0 aliphatic rings. The molecule has 1 aromatic carbocycles. The van der Waals surface area contributed by atoms with Crippen LogP contribution in [-0.2, 0) is 21.3 Å². The minimum absolute atomic E-state index is 0.0193. The van der Waals surface area contributed by atoms with E-state index in [-0.39, 0.29) is 22.5 Å². The first-order valence-corrected chi connectivity index (χ1v) is 6.08. The number of hydrogen-bond donors (Lipinski definition) is 0. The van der Waals surface area contributed by atoms with Crippen LogP contribution in [0.4, 0.5) is 5.69 Å². The summed E-state index contributed by atoms with van der Waals surface area (Å²) >= 11 is 8.97. The molecule has 0 spiro atoms. The molecule has 17 heavy (non-hydrogen) atoms. The number of benzene rings is 1. The Hall–Kier alpha value is -1.14. The Morgan fingerprint density at radius 3 is 2.71 bits per heavy atom. The molecule has 0 saturated heterocycles. The molecule has 0 saturated carbocycles. The summed E-state index contributed by atoms with van der Waals surface area (Å²) in [5.74, 6) is -0.421. The number of ether oxygens (including phenoxy) is 1. The molecular formula is C10H9BrClNO4.